The van der Waals surface area contributed by atoms with E-state index < -0.39 is 0 Å². The van der Waals surface area contributed by atoms with Crippen molar-refractivity contribution in [3.63, 3.8) is 0 Å². The highest BCUT2D eigenvalue weighted by Gasteiger charge is 2.20. The second-order valence-electron chi connectivity index (χ2n) is 5.08. The second kappa shape index (κ2) is 6.57. The molecule has 1 aromatic heterocycles. The first-order chi connectivity index (χ1) is 8.79. The van der Waals surface area contributed by atoms with E-state index in [-0.39, 0.29) is 0 Å². The lowest BCUT2D eigenvalue weighted by atomic mass is 9.80. The maximum Gasteiger partial charge on any atom is 0.218 e. The van der Waals surface area contributed by atoms with E-state index in [0.717, 1.165) is 24.2 Å². The molecule has 1 aromatic rings. The van der Waals surface area contributed by atoms with Crippen molar-refractivity contribution >= 4 is 5.82 Å². The molecule has 18 heavy (non-hydrogen) atoms. The van der Waals surface area contributed by atoms with Crippen molar-refractivity contribution in [3.05, 3.63) is 12.4 Å². The predicted molar refractivity (Wildman–Crippen MR) is 72.8 cm³/mol. The van der Waals surface area contributed by atoms with Gasteiger partial charge in [-0.3, -0.25) is 0 Å². The standard InChI is InChI=1S/C14H23N3O/c1-3-18-14-8-13(16-10-17-14)15-9-12-7-5-4-6-11(12)2/h8,10-12H,3-7,9H2,1-2H3,(H,15,16,17). The number of anilines is 1. The van der Waals surface area contributed by atoms with Crippen LogP contribution in [0.25, 0.3) is 0 Å². The van der Waals surface area contributed by atoms with E-state index in [1.807, 2.05) is 13.0 Å². The molecule has 0 amide bonds. The lowest BCUT2D eigenvalue weighted by Crippen LogP contribution is -2.24. The van der Waals surface area contributed by atoms with Crippen molar-refractivity contribution < 1.29 is 4.74 Å². The zero-order valence-corrected chi connectivity index (χ0v) is 11.4. The Balaban J connectivity index is 1.87. The molecule has 0 aromatic carbocycles. The number of hydrogen-bond donors (Lipinski definition) is 1. The summed E-state index contributed by atoms with van der Waals surface area (Å²) < 4.78 is 5.37. The number of nitrogens with one attached hydrogen (secondary N) is 1. The van der Waals surface area contributed by atoms with Crippen molar-refractivity contribution in [1.82, 2.24) is 9.97 Å². The molecule has 4 nitrogen and oxygen atoms in total. The van der Waals surface area contributed by atoms with E-state index in [9.17, 15) is 0 Å². The molecule has 1 aliphatic carbocycles. The summed E-state index contributed by atoms with van der Waals surface area (Å²) in [4.78, 5) is 8.29. The highest BCUT2D eigenvalue weighted by molar-refractivity contribution is 5.37. The molecule has 4 heteroatoms. The molecule has 0 saturated heterocycles. The lowest BCUT2D eigenvalue weighted by molar-refractivity contribution is 0.268. The average molecular weight is 249 g/mol. The van der Waals surface area contributed by atoms with Crippen LogP contribution in [-0.2, 0) is 0 Å². The summed E-state index contributed by atoms with van der Waals surface area (Å²) in [7, 11) is 0. The van der Waals surface area contributed by atoms with Gasteiger partial charge in [-0.05, 0) is 25.2 Å². The Labute approximate surface area is 109 Å². The van der Waals surface area contributed by atoms with E-state index in [2.05, 4.69) is 22.2 Å². The normalized spacial score (nSPS) is 23.7. The molecular formula is C14H23N3O. The minimum atomic E-state index is 0.635. The lowest BCUT2D eigenvalue weighted by Gasteiger charge is -2.28. The van der Waals surface area contributed by atoms with E-state index >= 15 is 0 Å². The summed E-state index contributed by atoms with van der Waals surface area (Å²) >= 11 is 0. The highest BCUT2D eigenvalue weighted by Crippen LogP contribution is 2.29. The monoisotopic (exact) mass is 249 g/mol. The SMILES string of the molecule is CCOc1cc(NCC2CCCCC2C)ncn1. The van der Waals surface area contributed by atoms with Gasteiger partial charge in [0.05, 0.1) is 6.61 Å². The van der Waals surface area contributed by atoms with E-state index in [1.165, 1.54) is 25.7 Å². The van der Waals surface area contributed by atoms with Gasteiger partial charge in [0, 0.05) is 12.6 Å². The molecule has 0 radical (unpaired) electrons. The van der Waals surface area contributed by atoms with Crippen molar-refractivity contribution in [2.45, 2.75) is 39.5 Å². The van der Waals surface area contributed by atoms with Crippen LogP contribution >= 0.6 is 0 Å². The van der Waals surface area contributed by atoms with Crippen molar-refractivity contribution in [1.29, 1.82) is 0 Å². The molecule has 2 unspecified atom stereocenters. The smallest absolute Gasteiger partial charge is 0.218 e. The van der Waals surface area contributed by atoms with Crippen LogP contribution in [0.2, 0.25) is 0 Å². The number of nitrogens with zero attached hydrogens (tertiary/aromatic N) is 2. The maximum absolute atomic E-state index is 5.37. The van der Waals surface area contributed by atoms with Gasteiger partial charge in [-0.25, -0.2) is 9.97 Å². The molecule has 100 valence electrons. The fourth-order valence-corrected chi connectivity index (χ4v) is 2.59. The van der Waals surface area contributed by atoms with Crippen molar-refractivity contribution in [2.75, 3.05) is 18.5 Å². The molecule has 1 N–H and O–H groups in total. The third kappa shape index (κ3) is 3.59. The molecule has 1 aliphatic rings. The molecule has 2 rings (SSSR count). The first-order valence-corrected chi connectivity index (χ1v) is 6.98. The second-order valence-corrected chi connectivity index (χ2v) is 5.08. The van der Waals surface area contributed by atoms with Gasteiger partial charge in [-0.1, -0.05) is 26.2 Å². The number of ether oxygens (including phenoxy) is 1. The van der Waals surface area contributed by atoms with Crippen LogP contribution in [0.5, 0.6) is 5.88 Å². The van der Waals surface area contributed by atoms with Gasteiger partial charge in [0.15, 0.2) is 0 Å². The molecule has 1 heterocycles. The average Bonchev–Trinajstić information content (AvgIpc) is 2.39. The molecule has 1 saturated carbocycles. The van der Waals surface area contributed by atoms with Gasteiger partial charge < -0.3 is 10.1 Å². The minimum Gasteiger partial charge on any atom is -0.478 e. The number of rotatable bonds is 5. The zero-order valence-electron chi connectivity index (χ0n) is 11.4. The van der Waals surface area contributed by atoms with Crippen LogP contribution in [0, 0.1) is 11.8 Å². The predicted octanol–water partition coefficient (Wildman–Crippen LogP) is 3.11. The van der Waals surface area contributed by atoms with Crippen LogP contribution in [0.1, 0.15) is 39.5 Å². The Morgan fingerprint density at radius 1 is 1.33 bits per heavy atom. The fourth-order valence-electron chi connectivity index (χ4n) is 2.59. The Morgan fingerprint density at radius 3 is 2.94 bits per heavy atom. The minimum absolute atomic E-state index is 0.635. The van der Waals surface area contributed by atoms with Gasteiger partial charge >= 0.3 is 0 Å². The molecular weight excluding hydrogens is 226 g/mol. The van der Waals surface area contributed by atoms with Crippen LogP contribution in [0.15, 0.2) is 12.4 Å². The van der Waals surface area contributed by atoms with Crippen molar-refractivity contribution in [2.24, 2.45) is 11.8 Å². The quantitative estimate of drug-likeness (QED) is 0.871. The fraction of sp³-hybridized carbons (Fsp3) is 0.714. The van der Waals surface area contributed by atoms with Gasteiger partial charge in [0.1, 0.15) is 12.1 Å². The molecule has 1 fully saturated rings. The van der Waals surface area contributed by atoms with Crippen LogP contribution in [-0.4, -0.2) is 23.1 Å². The Kier molecular flexibility index (Phi) is 4.79. The van der Waals surface area contributed by atoms with E-state index in [4.69, 9.17) is 4.74 Å². The summed E-state index contributed by atoms with van der Waals surface area (Å²) in [6.07, 6.45) is 7.00. The summed E-state index contributed by atoms with van der Waals surface area (Å²) in [5.74, 6) is 3.10. The summed E-state index contributed by atoms with van der Waals surface area (Å²) in [5.41, 5.74) is 0. The van der Waals surface area contributed by atoms with Crippen LogP contribution in [0.4, 0.5) is 5.82 Å². The third-order valence-corrected chi connectivity index (χ3v) is 3.77. The van der Waals surface area contributed by atoms with Gasteiger partial charge in [0.2, 0.25) is 5.88 Å². The topological polar surface area (TPSA) is 47.0 Å². The van der Waals surface area contributed by atoms with Crippen LogP contribution in [0.3, 0.4) is 0 Å². The van der Waals surface area contributed by atoms with E-state index in [1.54, 1.807) is 6.33 Å². The van der Waals surface area contributed by atoms with Gasteiger partial charge in [-0.2, -0.15) is 0 Å². The molecule has 2 atom stereocenters. The Hall–Kier alpha value is -1.32. The third-order valence-electron chi connectivity index (χ3n) is 3.77. The molecule has 0 aliphatic heterocycles. The van der Waals surface area contributed by atoms with Gasteiger partial charge in [0.25, 0.3) is 0 Å². The largest absolute Gasteiger partial charge is 0.478 e. The highest BCUT2D eigenvalue weighted by atomic mass is 16.5. The molecule has 0 bridgehead atoms. The molecule has 0 spiro atoms. The van der Waals surface area contributed by atoms with Crippen LogP contribution < -0.4 is 10.1 Å². The summed E-state index contributed by atoms with van der Waals surface area (Å²) in [6, 6.07) is 1.87. The number of aromatic nitrogens is 2. The van der Waals surface area contributed by atoms with Crippen molar-refractivity contribution in [3.8, 4) is 5.88 Å². The van der Waals surface area contributed by atoms with E-state index in [0.29, 0.717) is 12.5 Å². The number of hydrogen-bond acceptors (Lipinski definition) is 4. The summed E-state index contributed by atoms with van der Waals surface area (Å²) in [5, 5.41) is 3.41. The van der Waals surface area contributed by atoms with Gasteiger partial charge in [-0.15, -0.1) is 0 Å². The first-order valence-electron chi connectivity index (χ1n) is 6.98. The first kappa shape index (κ1) is 13.1. The maximum atomic E-state index is 5.37. The summed E-state index contributed by atoms with van der Waals surface area (Å²) in [6.45, 7) is 5.95. The Morgan fingerprint density at radius 2 is 2.17 bits per heavy atom. The zero-order chi connectivity index (χ0) is 12.8. The Bertz CT molecular complexity index is 370.